The first-order valence-electron chi connectivity index (χ1n) is 8.44. The number of fused-ring (bicyclic) bond motifs is 1. The van der Waals surface area contributed by atoms with E-state index in [0.29, 0.717) is 5.13 Å². The number of carbonyl (C=O) groups excluding carboxylic acids is 1. The third-order valence-electron chi connectivity index (χ3n) is 4.35. The minimum absolute atomic E-state index is 0.0661. The summed E-state index contributed by atoms with van der Waals surface area (Å²) in [5.74, 6) is -0.260. The van der Waals surface area contributed by atoms with Gasteiger partial charge in [-0.3, -0.25) is 10.1 Å². The predicted octanol–water partition coefficient (Wildman–Crippen LogP) is 3.42. The zero-order chi connectivity index (χ0) is 20.6. The van der Waals surface area contributed by atoms with Gasteiger partial charge in [-0.2, -0.15) is 0 Å². The second-order valence-electron chi connectivity index (χ2n) is 6.50. The summed E-state index contributed by atoms with van der Waals surface area (Å²) >= 11 is 1.39. The lowest BCUT2D eigenvalue weighted by molar-refractivity contribution is 0.102. The number of sulfonamides is 1. The molecule has 3 rings (SSSR count). The zero-order valence-electron chi connectivity index (χ0n) is 16.2. The van der Waals surface area contributed by atoms with Crippen LogP contribution < -0.4 is 10.1 Å². The number of methoxy groups -OCH3 is 1. The van der Waals surface area contributed by atoms with Gasteiger partial charge in [0.15, 0.2) is 5.13 Å². The average Bonchev–Trinajstić information content (AvgIpc) is 3.09. The van der Waals surface area contributed by atoms with Crippen LogP contribution >= 0.6 is 11.3 Å². The lowest BCUT2D eigenvalue weighted by Gasteiger charge is -2.15. The third-order valence-corrected chi connectivity index (χ3v) is 7.29. The molecule has 148 valence electrons. The highest BCUT2D eigenvalue weighted by Gasteiger charge is 2.24. The Labute approximate surface area is 168 Å². The molecule has 1 aromatic heterocycles. The average molecular weight is 420 g/mol. The lowest BCUT2D eigenvalue weighted by Crippen LogP contribution is -2.23. The van der Waals surface area contributed by atoms with Crippen LogP contribution in [0.15, 0.2) is 35.2 Å². The summed E-state index contributed by atoms with van der Waals surface area (Å²) < 4.78 is 32.3. The molecule has 0 aliphatic carbocycles. The molecule has 0 saturated carbocycles. The van der Waals surface area contributed by atoms with E-state index in [4.69, 9.17) is 4.74 Å². The van der Waals surface area contributed by atoms with Gasteiger partial charge in [0.1, 0.15) is 10.6 Å². The summed E-state index contributed by atoms with van der Waals surface area (Å²) in [5.41, 5.74) is 3.17. The van der Waals surface area contributed by atoms with Gasteiger partial charge in [-0.1, -0.05) is 23.5 Å². The maximum absolute atomic E-state index is 12.7. The molecule has 7 nitrogen and oxygen atoms in total. The standard InChI is InChI=1S/C19H21N3O4S2/c1-11-6-7-12(2)17-16(11)20-19(27-17)21-18(23)13-8-9-14(26-5)15(10-13)28(24,25)22(3)4/h6-10H,1-5H3,(H,20,21,23). The van der Waals surface area contributed by atoms with E-state index >= 15 is 0 Å². The maximum Gasteiger partial charge on any atom is 0.257 e. The second-order valence-corrected chi connectivity index (χ2v) is 9.62. The van der Waals surface area contributed by atoms with Crippen molar-refractivity contribution in [1.29, 1.82) is 0 Å². The first-order valence-corrected chi connectivity index (χ1v) is 10.7. The molecule has 2 aromatic carbocycles. The van der Waals surface area contributed by atoms with E-state index in [9.17, 15) is 13.2 Å². The van der Waals surface area contributed by atoms with E-state index in [1.54, 1.807) is 0 Å². The quantitative estimate of drug-likeness (QED) is 0.684. The van der Waals surface area contributed by atoms with Crippen LogP contribution in [-0.4, -0.2) is 44.8 Å². The van der Waals surface area contributed by atoms with E-state index in [0.717, 1.165) is 25.6 Å². The Balaban J connectivity index is 1.97. The Morgan fingerprint density at radius 3 is 2.43 bits per heavy atom. The summed E-state index contributed by atoms with van der Waals surface area (Å²) in [6.45, 7) is 3.96. The molecule has 0 radical (unpaired) electrons. The molecule has 1 amide bonds. The number of aromatic nitrogens is 1. The molecule has 0 aliphatic rings. The number of thiazole rings is 1. The number of anilines is 1. The van der Waals surface area contributed by atoms with Gasteiger partial charge in [0.05, 0.1) is 17.3 Å². The van der Waals surface area contributed by atoms with Crippen molar-refractivity contribution < 1.29 is 17.9 Å². The maximum atomic E-state index is 12.7. The number of nitrogens with one attached hydrogen (secondary N) is 1. The van der Waals surface area contributed by atoms with E-state index < -0.39 is 15.9 Å². The molecule has 0 atom stereocenters. The number of ether oxygens (including phenoxy) is 1. The normalized spacial score (nSPS) is 11.8. The molecule has 0 saturated heterocycles. The highest BCUT2D eigenvalue weighted by Crippen LogP contribution is 2.32. The van der Waals surface area contributed by atoms with Crippen LogP contribution in [0.25, 0.3) is 10.2 Å². The van der Waals surface area contributed by atoms with Gasteiger partial charge in [0, 0.05) is 19.7 Å². The topological polar surface area (TPSA) is 88.6 Å². The third kappa shape index (κ3) is 3.60. The van der Waals surface area contributed by atoms with Gasteiger partial charge in [-0.25, -0.2) is 17.7 Å². The monoisotopic (exact) mass is 419 g/mol. The fraction of sp³-hybridized carbons (Fsp3) is 0.263. The molecule has 0 unspecified atom stereocenters. The van der Waals surface area contributed by atoms with E-state index in [-0.39, 0.29) is 16.2 Å². The van der Waals surface area contributed by atoms with Crippen molar-refractivity contribution in [3.8, 4) is 5.75 Å². The fourth-order valence-electron chi connectivity index (χ4n) is 2.70. The second kappa shape index (κ2) is 7.50. The first-order chi connectivity index (χ1) is 13.1. The summed E-state index contributed by atoms with van der Waals surface area (Å²) in [7, 11) is 0.467. The van der Waals surface area contributed by atoms with Crippen molar-refractivity contribution in [2.75, 3.05) is 26.5 Å². The lowest BCUT2D eigenvalue weighted by atomic mass is 10.1. The molecule has 0 spiro atoms. The van der Waals surface area contributed by atoms with Gasteiger partial charge in [-0.15, -0.1) is 0 Å². The van der Waals surface area contributed by atoms with Crippen molar-refractivity contribution >= 4 is 42.6 Å². The van der Waals surface area contributed by atoms with Crippen LogP contribution in [0.5, 0.6) is 5.75 Å². The molecule has 0 fully saturated rings. The van der Waals surface area contributed by atoms with Crippen LogP contribution in [0.2, 0.25) is 0 Å². The Kier molecular flexibility index (Phi) is 5.42. The summed E-state index contributed by atoms with van der Waals surface area (Å²) in [5, 5.41) is 3.23. The van der Waals surface area contributed by atoms with Gasteiger partial charge in [0.25, 0.3) is 5.91 Å². The molecular weight excluding hydrogens is 398 g/mol. The largest absolute Gasteiger partial charge is 0.495 e. The number of amides is 1. The summed E-state index contributed by atoms with van der Waals surface area (Å²) in [6.07, 6.45) is 0. The smallest absolute Gasteiger partial charge is 0.257 e. The van der Waals surface area contributed by atoms with E-state index in [2.05, 4.69) is 10.3 Å². The number of hydrogen-bond donors (Lipinski definition) is 1. The fourth-order valence-corrected chi connectivity index (χ4v) is 4.78. The van der Waals surface area contributed by atoms with Crippen molar-refractivity contribution in [2.45, 2.75) is 18.7 Å². The minimum atomic E-state index is -3.76. The number of rotatable bonds is 5. The van der Waals surface area contributed by atoms with Gasteiger partial charge >= 0.3 is 0 Å². The molecule has 0 aliphatic heterocycles. The highest BCUT2D eigenvalue weighted by molar-refractivity contribution is 7.89. The number of aryl methyl sites for hydroxylation is 2. The Bertz CT molecular complexity index is 1130. The molecule has 0 bridgehead atoms. The number of benzene rings is 2. The van der Waals surface area contributed by atoms with Crippen LogP contribution in [0.1, 0.15) is 21.5 Å². The molecule has 3 aromatic rings. The predicted molar refractivity (Wildman–Crippen MR) is 111 cm³/mol. The van der Waals surface area contributed by atoms with Gasteiger partial charge < -0.3 is 4.74 Å². The van der Waals surface area contributed by atoms with Gasteiger partial charge in [0.2, 0.25) is 10.0 Å². The van der Waals surface area contributed by atoms with Gasteiger partial charge in [-0.05, 0) is 43.2 Å². The van der Waals surface area contributed by atoms with Crippen molar-refractivity contribution in [1.82, 2.24) is 9.29 Å². The van der Waals surface area contributed by atoms with E-state index in [1.807, 2.05) is 26.0 Å². The van der Waals surface area contributed by atoms with Crippen molar-refractivity contribution in [3.05, 3.63) is 47.0 Å². The molecule has 1 N–H and O–H groups in total. The van der Waals surface area contributed by atoms with Crippen LogP contribution in [0.3, 0.4) is 0 Å². The number of nitrogens with zero attached hydrogens (tertiary/aromatic N) is 2. The Morgan fingerprint density at radius 2 is 1.82 bits per heavy atom. The Morgan fingerprint density at radius 1 is 1.14 bits per heavy atom. The summed E-state index contributed by atoms with van der Waals surface area (Å²) in [4.78, 5) is 17.2. The number of carbonyl (C=O) groups is 1. The summed E-state index contributed by atoms with van der Waals surface area (Å²) in [6, 6.07) is 8.31. The Hall–Kier alpha value is -2.49. The van der Waals surface area contributed by atoms with Crippen molar-refractivity contribution in [3.63, 3.8) is 0 Å². The minimum Gasteiger partial charge on any atom is -0.495 e. The molecule has 9 heteroatoms. The van der Waals surface area contributed by atoms with Crippen LogP contribution in [0.4, 0.5) is 5.13 Å². The molecule has 28 heavy (non-hydrogen) atoms. The van der Waals surface area contributed by atoms with Crippen molar-refractivity contribution in [2.24, 2.45) is 0 Å². The molecule has 1 heterocycles. The highest BCUT2D eigenvalue weighted by atomic mass is 32.2. The van der Waals surface area contributed by atoms with Crippen LogP contribution in [0, 0.1) is 13.8 Å². The van der Waals surface area contributed by atoms with Crippen LogP contribution in [-0.2, 0) is 10.0 Å². The first kappa shape index (κ1) is 20.2. The SMILES string of the molecule is COc1ccc(C(=O)Nc2nc3c(C)ccc(C)c3s2)cc1S(=O)(=O)N(C)C. The number of hydrogen-bond acceptors (Lipinski definition) is 6. The van der Waals surface area contributed by atoms with E-state index in [1.165, 1.54) is 50.7 Å². The zero-order valence-corrected chi connectivity index (χ0v) is 17.9. The molecular formula is C19H21N3O4S2.